The Morgan fingerprint density at radius 2 is 1.85 bits per heavy atom. The Hall–Kier alpha value is -3.90. The van der Waals surface area contributed by atoms with Gasteiger partial charge in [-0.2, -0.15) is 0 Å². The molecule has 2 fully saturated rings. The summed E-state index contributed by atoms with van der Waals surface area (Å²) in [5.74, 6) is -4.55. The first kappa shape index (κ1) is 28.1. The van der Waals surface area contributed by atoms with Gasteiger partial charge in [0.05, 0.1) is 37.3 Å². The standard InChI is InChI=1S/C27H33N5O7/c1-14-9-20(34)22(17-12-39-13-17)32-25(36)15(2)24(35)18(10-16-5-3-7-28-11-16)30-26(37)21(14)31-27(38)23-19(33)6-4-8-29-23/h3-8,11,14-15,17-18,21-22,24,33,35H,9-10,12-13H2,1-2H3,(H,30,37)(H,31,38)(H,32,36)/t14-,15+,18-,21-,22?,24-/m0/s1. The molecule has 2 aromatic rings. The van der Waals surface area contributed by atoms with Crippen LogP contribution in [0.1, 0.15) is 36.3 Å². The molecule has 3 amide bonds. The van der Waals surface area contributed by atoms with E-state index in [0.29, 0.717) is 18.8 Å². The van der Waals surface area contributed by atoms with Crippen LogP contribution < -0.4 is 16.0 Å². The lowest BCUT2D eigenvalue weighted by Crippen LogP contribution is -2.60. The molecule has 12 heteroatoms. The predicted octanol–water partition coefficient (Wildman–Crippen LogP) is -0.255. The number of rotatable bonds is 5. The van der Waals surface area contributed by atoms with E-state index in [1.54, 1.807) is 31.5 Å². The minimum Gasteiger partial charge on any atom is -0.505 e. The zero-order valence-electron chi connectivity index (χ0n) is 21.7. The highest BCUT2D eigenvalue weighted by molar-refractivity contribution is 5.98. The van der Waals surface area contributed by atoms with Gasteiger partial charge in [0.2, 0.25) is 11.8 Å². The fraction of sp³-hybridized carbons (Fsp3) is 0.481. The number of carbonyl (C=O) groups excluding carboxylic acids is 4. The Morgan fingerprint density at radius 3 is 2.49 bits per heavy atom. The Balaban J connectivity index is 1.67. The van der Waals surface area contributed by atoms with Crippen LogP contribution in [0.4, 0.5) is 0 Å². The van der Waals surface area contributed by atoms with E-state index in [2.05, 4.69) is 25.9 Å². The smallest absolute Gasteiger partial charge is 0.274 e. The van der Waals surface area contributed by atoms with Gasteiger partial charge in [-0.3, -0.25) is 24.2 Å². The molecule has 2 aliphatic heterocycles. The lowest BCUT2D eigenvalue weighted by molar-refractivity contribution is -0.140. The highest BCUT2D eigenvalue weighted by Crippen LogP contribution is 2.23. The molecule has 0 bridgehead atoms. The molecule has 2 saturated heterocycles. The molecule has 12 nitrogen and oxygen atoms in total. The summed E-state index contributed by atoms with van der Waals surface area (Å²) in [4.78, 5) is 61.1. The van der Waals surface area contributed by atoms with Crippen LogP contribution in [0.15, 0.2) is 42.9 Å². The SMILES string of the molecule is C[C@H]1CC(=O)C(C2COC2)NC(=O)[C@H](C)[C@H](O)[C@H](Cc2cccnc2)NC(=O)[C@H]1NC(=O)c1ncccc1O. The van der Waals surface area contributed by atoms with Crippen molar-refractivity contribution in [2.45, 2.75) is 50.9 Å². The van der Waals surface area contributed by atoms with Crippen molar-refractivity contribution in [3.05, 3.63) is 54.1 Å². The Labute approximate surface area is 225 Å². The van der Waals surface area contributed by atoms with Crippen molar-refractivity contribution in [2.24, 2.45) is 17.8 Å². The molecule has 0 spiro atoms. The van der Waals surface area contributed by atoms with Crippen LogP contribution in [0, 0.1) is 17.8 Å². The summed E-state index contributed by atoms with van der Waals surface area (Å²) in [6.07, 6.45) is 3.23. The van der Waals surface area contributed by atoms with Gasteiger partial charge in [0, 0.05) is 30.9 Å². The first-order chi connectivity index (χ1) is 18.7. The fourth-order valence-corrected chi connectivity index (χ4v) is 4.81. The van der Waals surface area contributed by atoms with Crippen LogP contribution in [0.2, 0.25) is 0 Å². The van der Waals surface area contributed by atoms with E-state index in [1.807, 2.05) is 0 Å². The number of aromatic nitrogens is 2. The van der Waals surface area contributed by atoms with Crippen molar-refractivity contribution < 1.29 is 34.1 Å². The number of aliphatic hydroxyl groups excluding tert-OH is 1. The van der Waals surface area contributed by atoms with E-state index in [4.69, 9.17) is 4.74 Å². The topological polar surface area (TPSA) is 180 Å². The van der Waals surface area contributed by atoms with Crippen LogP contribution in [-0.4, -0.2) is 81.1 Å². The quantitative estimate of drug-likeness (QED) is 0.342. The molecule has 6 atom stereocenters. The number of ketones is 1. The van der Waals surface area contributed by atoms with Gasteiger partial charge in [-0.1, -0.05) is 19.9 Å². The van der Waals surface area contributed by atoms with E-state index in [9.17, 15) is 29.4 Å². The maximum Gasteiger partial charge on any atom is 0.274 e. The number of hydrogen-bond donors (Lipinski definition) is 5. The number of pyridine rings is 2. The molecule has 1 unspecified atom stereocenters. The molecule has 208 valence electrons. The average Bonchev–Trinajstić information content (AvgIpc) is 2.89. The third-order valence-electron chi connectivity index (χ3n) is 7.29. The van der Waals surface area contributed by atoms with Crippen molar-refractivity contribution in [2.75, 3.05) is 13.2 Å². The maximum absolute atomic E-state index is 13.6. The number of nitrogens with zero attached hydrogens (tertiary/aromatic N) is 2. The summed E-state index contributed by atoms with van der Waals surface area (Å²) in [6.45, 7) is 3.76. The fourth-order valence-electron chi connectivity index (χ4n) is 4.81. The molecule has 0 saturated carbocycles. The second-order valence-electron chi connectivity index (χ2n) is 10.2. The van der Waals surface area contributed by atoms with Gasteiger partial charge in [0.25, 0.3) is 5.91 Å². The number of nitrogens with one attached hydrogen (secondary N) is 3. The first-order valence-corrected chi connectivity index (χ1v) is 12.9. The lowest BCUT2D eigenvalue weighted by atomic mass is 9.85. The number of amides is 3. The summed E-state index contributed by atoms with van der Waals surface area (Å²) in [6, 6.07) is 3.26. The summed E-state index contributed by atoms with van der Waals surface area (Å²) < 4.78 is 5.24. The molecule has 2 aliphatic rings. The zero-order chi connectivity index (χ0) is 28.1. The van der Waals surface area contributed by atoms with E-state index in [0.717, 1.165) is 0 Å². The zero-order valence-corrected chi connectivity index (χ0v) is 21.7. The summed E-state index contributed by atoms with van der Waals surface area (Å²) in [5, 5.41) is 29.5. The van der Waals surface area contributed by atoms with Crippen LogP contribution in [-0.2, 0) is 25.5 Å². The van der Waals surface area contributed by atoms with Crippen LogP contribution in [0.3, 0.4) is 0 Å². The Kier molecular flexibility index (Phi) is 8.87. The Bertz CT molecular complexity index is 1210. The van der Waals surface area contributed by atoms with Crippen molar-refractivity contribution in [1.29, 1.82) is 0 Å². The molecule has 5 N–H and O–H groups in total. The number of aromatic hydroxyl groups is 1. The number of carbonyl (C=O) groups is 4. The number of hydrogen-bond acceptors (Lipinski definition) is 9. The first-order valence-electron chi connectivity index (χ1n) is 12.9. The van der Waals surface area contributed by atoms with Gasteiger partial charge in [-0.05, 0) is 36.1 Å². The van der Waals surface area contributed by atoms with Gasteiger partial charge in [-0.25, -0.2) is 4.98 Å². The highest BCUT2D eigenvalue weighted by atomic mass is 16.5. The van der Waals surface area contributed by atoms with Crippen molar-refractivity contribution in [3.8, 4) is 5.75 Å². The molecule has 2 aromatic heterocycles. The Morgan fingerprint density at radius 1 is 1.10 bits per heavy atom. The molecule has 4 rings (SSSR count). The van der Waals surface area contributed by atoms with Gasteiger partial charge in [0.15, 0.2) is 11.5 Å². The molecule has 0 aliphatic carbocycles. The summed E-state index contributed by atoms with van der Waals surface area (Å²) in [5.41, 5.74) is 0.445. The van der Waals surface area contributed by atoms with Crippen LogP contribution in [0.5, 0.6) is 5.75 Å². The van der Waals surface area contributed by atoms with E-state index >= 15 is 0 Å². The van der Waals surface area contributed by atoms with Crippen LogP contribution in [0.25, 0.3) is 0 Å². The molecular weight excluding hydrogens is 506 g/mol. The van der Waals surface area contributed by atoms with Gasteiger partial charge in [-0.15, -0.1) is 0 Å². The molecule has 0 aromatic carbocycles. The number of ether oxygens (including phenoxy) is 1. The van der Waals surface area contributed by atoms with Gasteiger partial charge < -0.3 is 30.9 Å². The molecular formula is C27H33N5O7. The maximum atomic E-state index is 13.6. The highest BCUT2D eigenvalue weighted by Gasteiger charge is 2.41. The van der Waals surface area contributed by atoms with E-state index in [1.165, 1.54) is 25.3 Å². The number of aliphatic hydroxyl groups is 1. The molecule has 4 heterocycles. The monoisotopic (exact) mass is 539 g/mol. The summed E-state index contributed by atoms with van der Waals surface area (Å²) in [7, 11) is 0. The van der Waals surface area contributed by atoms with Gasteiger partial charge in [0.1, 0.15) is 11.8 Å². The predicted molar refractivity (Wildman–Crippen MR) is 137 cm³/mol. The van der Waals surface area contributed by atoms with E-state index in [-0.39, 0.29) is 36.0 Å². The molecule has 39 heavy (non-hydrogen) atoms. The minimum atomic E-state index is -1.33. The van der Waals surface area contributed by atoms with Gasteiger partial charge >= 0.3 is 0 Å². The van der Waals surface area contributed by atoms with Crippen molar-refractivity contribution in [3.63, 3.8) is 0 Å². The second kappa shape index (κ2) is 12.3. The normalized spacial score (nSPS) is 28.7. The van der Waals surface area contributed by atoms with Crippen molar-refractivity contribution in [1.82, 2.24) is 25.9 Å². The number of Topliss-reactive ketones (excluding diaryl/α,β-unsaturated/α-hetero) is 1. The lowest BCUT2D eigenvalue weighted by Gasteiger charge is -2.37. The average molecular weight is 540 g/mol. The largest absolute Gasteiger partial charge is 0.505 e. The molecule has 0 radical (unpaired) electrons. The van der Waals surface area contributed by atoms with Crippen LogP contribution >= 0.6 is 0 Å². The van der Waals surface area contributed by atoms with Crippen molar-refractivity contribution >= 4 is 23.5 Å². The third-order valence-corrected chi connectivity index (χ3v) is 7.29. The minimum absolute atomic E-state index is 0.127. The van der Waals surface area contributed by atoms with E-state index < -0.39 is 53.8 Å². The second-order valence-corrected chi connectivity index (χ2v) is 10.2. The summed E-state index contributed by atoms with van der Waals surface area (Å²) >= 11 is 0. The third kappa shape index (κ3) is 6.58.